The Bertz CT molecular complexity index is 1370. The summed E-state index contributed by atoms with van der Waals surface area (Å²) in [6, 6.07) is 3.97. The van der Waals surface area contributed by atoms with Gasteiger partial charge in [-0.05, 0) is 6.07 Å². The topological polar surface area (TPSA) is 112 Å². The van der Waals surface area contributed by atoms with Gasteiger partial charge in [0.05, 0.1) is 30.8 Å². The van der Waals surface area contributed by atoms with E-state index in [0.717, 1.165) is 5.56 Å². The van der Waals surface area contributed by atoms with Crippen molar-refractivity contribution in [2.45, 2.75) is 18.8 Å². The van der Waals surface area contributed by atoms with Crippen LogP contribution in [0.3, 0.4) is 0 Å². The molecule has 0 bridgehead atoms. The molecule has 0 saturated carbocycles. The number of carbonyl (C=O) groups excluding carboxylic acids is 1. The summed E-state index contributed by atoms with van der Waals surface area (Å²) in [7, 11) is 0. The number of hydrogen-bond acceptors (Lipinski definition) is 9. The van der Waals surface area contributed by atoms with Crippen LogP contribution in [0.25, 0.3) is 21.7 Å². The molecule has 0 radical (unpaired) electrons. The van der Waals surface area contributed by atoms with E-state index < -0.39 is 11.8 Å². The number of anilines is 3. The van der Waals surface area contributed by atoms with Gasteiger partial charge in [-0.2, -0.15) is 10.1 Å². The van der Waals surface area contributed by atoms with Crippen LogP contribution in [0.2, 0.25) is 0 Å². The highest BCUT2D eigenvalue weighted by molar-refractivity contribution is 7.13. The molecule has 1 amide bonds. The number of halogens is 2. The Balaban J connectivity index is 1.32. The minimum absolute atomic E-state index is 0.164. The number of benzene rings is 1. The van der Waals surface area contributed by atoms with E-state index in [-0.39, 0.29) is 31.6 Å². The molecule has 2 fully saturated rings. The number of aromatic nitrogens is 4. The van der Waals surface area contributed by atoms with Gasteiger partial charge < -0.3 is 24.3 Å². The third kappa shape index (κ3) is 4.51. The van der Waals surface area contributed by atoms with Crippen LogP contribution in [0.15, 0.2) is 34.3 Å². The number of oxazole rings is 1. The number of fused-ring (bicyclic) bond motifs is 1. The lowest BCUT2D eigenvalue weighted by Crippen LogP contribution is -2.39. The van der Waals surface area contributed by atoms with Crippen LogP contribution in [-0.2, 0) is 4.74 Å². The minimum atomic E-state index is -2.69. The molecule has 2 N–H and O–H groups in total. The van der Waals surface area contributed by atoms with Gasteiger partial charge in [-0.1, -0.05) is 0 Å². The highest BCUT2D eigenvalue weighted by Gasteiger charge is 2.35. The van der Waals surface area contributed by atoms with Crippen LogP contribution in [0.4, 0.5) is 26.2 Å². The first-order valence-corrected chi connectivity index (χ1v) is 12.5. The maximum atomic E-state index is 13.9. The summed E-state index contributed by atoms with van der Waals surface area (Å²) < 4.78 is 39.1. The maximum absolute atomic E-state index is 13.9. The molecule has 3 aromatic heterocycles. The molecule has 36 heavy (non-hydrogen) atoms. The number of nitrogens with zero attached hydrogens (tertiary/aromatic N) is 5. The molecular formula is C23H23F2N7O3S. The number of nitrogens with one attached hydrogen (secondary N) is 2. The van der Waals surface area contributed by atoms with E-state index in [0.29, 0.717) is 59.8 Å². The zero-order valence-corrected chi connectivity index (χ0v) is 20.0. The van der Waals surface area contributed by atoms with Crippen molar-refractivity contribution < 1.29 is 22.7 Å². The fraction of sp³-hybridized carbons (Fsp3) is 0.391. The number of thiazole rings is 1. The van der Waals surface area contributed by atoms with Gasteiger partial charge in [0, 0.05) is 62.2 Å². The lowest BCUT2D eigenvalue weighted by Gasteiger charge is -2.34. The van der Waals surface area contributed by atoms with Gasteiger partial charge in [0.15, 0.2) is 5.58 Å². The van der Waals surface area contributed by atoms with Gasteiger partial charge in [0.25, 0.3) is 17.8 Å². The van der Waals surface area contributed by atoms with Crippen LogP contribution in [0.5, 0.6) is 0 Å². The van der Waals surface area contributed by atoms with E-state index in [9.17, 15) is 13.6 Å². The van der Waals surface area contributed by atoms with Gasteiger partial charge in [-0.15, -0.1) is 11.3 Å². The molecule has 2 aliphatic heterocycles. The molecule has 13 heteroatoms. The molecule has 0 atom stereocenters. The van der Waals surface area contributed by atoms with Crippen molar-refractivity contribution in [3.8, 4) is 10.6 Å². The van der Waals surface area contributed by atoms with E-state index >= 15 is 0 Å². The number of hydrogen-bond donors (Lipinski definition) is 2. The number of H-pyrrole nitrogens is 1. The second kappa shape index (κ2) is 9.13. The summed E-state index contributed by atoms with van der Waals surface area (Å²) in [5.74, 6) is -3.09. The Morgan fingerprint density at radius 1 is 1.11 bits per heavy atom. The van der Waals surface area contributed by atoms with Gasteiger partial charge in [-0.25, -0.2) is 13.8 Å². The fourth-order valence-electron chi connectivity index (χ4n) is 4.34. The van der Waals surface area contributed by atoms with Crippen molar-refractivity contribution in [1.82, 2.24) is 20.2 Å². The van der Waals surface area contributed by atoms with Crippen molar-refractivity contribution in [3.05, 3.63) is 35.6 Å². The van der Waals surface area contributed by atoms with Crippen molar-refractivity contribution in [2.75, 3.05) is 54.5 Å². The Morgan fingerprint density at radius 2 is 1.92 bits per heavy atom. The first-order chi connectivity index (χ1) is 17.4. The van der Waals surface area contributed by atoms with E-state index in [2.05, 4.69) is 25.5 Å². The standard InChI is InChI=1S/C23H23F2N7O3S/c24-23(25)1-3-31(4-2-23)18-9-16-19(35-22(30-16)32-5-7-34-8-6-32)10-15(18)28-20(33)17-13-36-21(29-17)14-11-26-27-12-14/h9-13H,1-8H2,(H,26,27)(H,28,33). The lowest BCUT2D eigenvalue weighted by molar-refractivity contribution is -0.0220. The Kier molecular flexibility index (Phi) is 5.80. The monoisotopic (exact) mass is 515 g/mol. The maximum Gasteiger partial charge on any atom is 0.298 e. The summed E-state index contributed by atoms with van der Waals surface area (Å²) in [6.45, 7) is 2.82. The number of morpholine rings is 1. The molecule has 6 rings (SSSR count). The molecule has 2 aliphatic rings. The smallest absolute Gasteiger partial charge is 0.298 e. The first-order valence-electron chi connectivity index (χ1n) is 11.6. The molecule has 5 heterocycles. The first kappa shape index (κ1) is 22.9. The number of ether oxygens (including phenoxy) is 1. The predicted molar refractivity (Wildman–Crippen MR) is 131 cm³/mol. The van der Waals surface area contributed by atoms with Crippen LogP contribution < -0.4 is 15.1 Å². The number of amides is 1. The number of alkyl halides is 2. The van der Waals surface area contributed by atoms with E-state index in [1.807, 2.05) is 9.80 Å². The summed E-state index contributed by atoms with van der Waals surface area (Å²) in [4.78, 5) is 26.0. The minimum Gasteiger partial charge on any atom is -0.423 e. The summed E-state index contributed by atoms with van der Waals surface area (Å²) in [5, 5.41) is 11.9. The van der Waals surface area contributed by atoms with E-state index in [1.54, 1.807) is 29.9 Å². The SMILES string of the molecule is O=C(Nc1cc2oc(N3CCOCC3)nc2cc1N1CCC(F)(F)CC1)c1csc(-c2cn[nH]c2)n1. The van der Waals surface area contributed by atoms with E-state index in [1.165, 1.54) is 11.3 Å². The third-order valence-electron chi connectivity index (χ3n) is 6.34. The molecule has 188 valence electrons. The summed E-state index contributed by atoms with van der Waals surface area (Å²) in [6.07, 6.45) is 2.83. The third-order valence-corrected chi connectivity index (χ3v) is 7.23. The molecule has 0 unspecified atom stereocenters. The highest BCUT2D eigenvalue weighted by Crippen LogP contribution is 2.38. The molecule has 1 aromatic carbocycles. The molecule has 0 aliphatic carbocycles. The summed E-state index contributed by atoms with van der Waals surface area (Å²) >= 11 is 1.33. The molecular weight excluding hydrogens is 492 g/mol. The predicted octanol–water partition coefficient (Wildman–Crippen LogP) is 4.00. The summed E-state index contributed by atoms with van der Waals surface area (Å²) in [5.41, 5.74) is 3.21. The Hall–Kier alpha value is -3.58. The van der Waals surface area contributed by atoms with Crippen molar-refractivity contribution in [1.29, 1.82) is 0 Å². The number of carbonyl (C=O) groups is 1. The average molecular weight is 516 g/mol. The number of rotatable bonds is 5. The van der Waals surface area contributed by atoms with Crippen LogP contribution >= 0.6 is 11.3 Å². The zero-order chi connectivity index (χ0) is 24.7. The number of aromatic amines is 1. The van der Waals surface area contributed by atoms with E-state index in [4.69, 9.17) is 9.15 Å². The molecule has 4 aromatic rings. The van der Waals surface area contributed by atoms with Gasteiger partial charge in [0.2, 0.25) is 0 Å². The fourth-order valence-corrected chi connectivity index (χ4v) is 5.12. The second-order valence-electron chi connectivity index (χ2n) is 8.75. The van der Waals surface area contributed by atoms with Gasteiger partial charge in [-0.3, -0.25) is 9.89 Å². The Labute approximate surface area is 208 Å². The Morgan fingerprint density at radius 3 is 2.67 bits per heavy atom. The average Bonchev–Trinajstić information content (AvgIpc) is 3.64. The second-order valence-corrected chi connectivity index (χ2v) is 9.61. The van der Waals surface area contributed by atoms with Crippen LogP contribution in [-0.4, -0.2) is 71.4 Å². The molecule has 10 nitrogen and oxygen atoms in total. The largest absolute Gasteiger partial charge is 0.423 e. The van der Waals surface area contributed by atoms with Gasteiger partial charge >= 0.3 is 0 Å². The lowest BCUT2D eigenvalue weighted by atomic mass is 10.1. The normalized spacial score (nSPS) is 18.1. The molecule has 2 saturated heterocycles. The number of piperidine rings is 1. The van der Waals surface area contributed by atoms with Crippen LogP contribution in [0, 0.1) is 0 Å². The molecule has 0 spiro atoms. The van der Waals surface area contributed by atoms with Crippen molar-refractivity contribution >= 4 is 45.7 Å². The van der Waals surface area contributed by atoms with Gasteiger partial charge in [0.1, 0.15) is 16.2 Å². The van der Waals surface area contributed by atoms with Crippen LogP contribution in [0.1, 0.15) is 23.3 Å². The zero-order valence-electron chi connectivity index (χ0n) is 19.2. The quantitative estimate of drug-likeness (QED) is 0.410. The van der Waals surface area contributed by atoms with Crippen molar-refractivity contribution in [2.24, 2.45) is 0 Å². The highest BCUT2D eigenvalue weighted by atomic mass is 32.1. The van der Waals surface area contributed by atoms with Crippen molar-refractivity contribution in [3.63, 3.8) is 0 Å².